The molecule has 0 saturated heterocycles. The number of aliphatic hydroxyl groups excluding tert-OH is 1. The number of rotatable bonds is 2. The summed E-state index contributed by atoms with van der Waals surface area (Å²) in [6.45, 7) is 0. The molecule has 90 valence electrons. The van der Waals surface area contributed by atoms with E-state index >= 15 is 0 Å². The molecule has 3 nitrogen and oxygen atoms in total. The second kappa shape index (κ2) is 4.49. The quantitative estimate of drug-likeness (QED) is 0.861. The minimum atomic E-state index is -0.354. The first-order valence-electron chi connectivity index (χ1n) is 6.45. The number of nitrogens with zero attached hydrogens (tertiary/aromatic N) is 2. The van der Waals surface area contributed by atoms with Crippen LogP contribution in [0.3, 0.4) is 0 Å². The van der Waals surface area contributed by atoms with Gasteiger partial charge in [0.05, 0.1) is 29.8 Å². The summed E-state index contributed by atoms with van der Waals surface area (Å²) in [5.41, 5.74) is 2.03. The molecule has 0 spiro atoms. The van der Waals surface area contributed by atoms with Crippen LogP contribution >= 0.6 is 0 Å². The van der Waals surface area contributed by atoms with E-state index in [1.54, 1.807) is 6.33 Å². The molecule has 1 N–H and O–H groups in total. The van der Waals surface area contributed by atoms with E-state index in [-0.39, 0.29) is 6.10 Å². The van der Waals surface area contributed by atoms with Gasteiger partial charge in [0.15, 0.2) is 0 Å². The summed E-state index contributed by atoms with van der Waals surface area (Å²) in [5.74, 6) is 0.414. The standard InChI is InChI=1S/C14H18N2O/c17-14(11-5-2-1-3-6-11)13-8-4-7-12-9-15-10-16(12)13/h4,7-11,14,17H,1-3,5-6H2/t14-/m0/s1. The van der Waals surface area contributed by atoms with Crippen molar-refractivity contribution in [2.45, 2.75) is 38.2 Å². The Bertz CT molecular complexity index is 500. The highest BCUT2D eigenvalue weighted by molar-refractivity contribution is 5.46. The Balaban J connectivity index is 1.94. The van der Waals surface area contributed by atoms with E-state index < -0.39 is 0 Å². The van der Waals surface area contributed by atoms with E-state index in [1.807, 2.05) is 28.8 Å². The highest BCUT2D eigenvalue weighted by Gasteiger charge is 2.24. The van der Waals surface area contributed by atoms with Crippen molar-refractivity contribution in [2.24, 2.45) is 5.92 Å². The molecule has 0 aliphatic heterocycles. The third-order valence-corrected chi connectivity index (χ3v) is 3.88. The molecular weight excluding hydrogens is 212 g/mol. The van der Waals surface area contributed by atoms with Gasteiger partial charge in [0.1, 0.15) is 0 Å². The Kier molecular flexibility index (Phi) is 2.85. The SMILES string of the molecule is O[C@H](c1cccc2cncn12)C1CCCCC1. The van der Waals surface area contributed by atoms with Crippen LogP contribution in [0, 0.1) is 5.92 Å². The second-order valence-corrected chi connectivity index (χ2v) is 4.98. The lowest BCUT2D eigenvalue weighted by atomic mass is 9.84. The molecule has 0 radical (unpaired) electrons. The van der Waals surface area contributed by atoms with E-state index in [0.29, 0.717) is 5.92 Å². The summed E-state index contributed by atoms with van der Waals surface area (Å²) in [6, 6.07) is 6.02. The fraction of sp³-hybridized carbons (Fsp3) is 0.500. The van der Waals surface area contributed by atoms with Crippen LogP contribution in [-0.4, -0.2) is 14.5 Å². The Hall–Kier alpha value is -1.35. The minimum Gasteiger partial charge on any atom is -0.387 e. The van der Waals surface area contributed by atoms with Crippen molar-refractivity contribution < 1.29 is 5.11 Å². The van der Waals surface area contributed by atoms with E-state index in [2.05, 4.69) is 4.98 Å². The third-order valence-electron chi connectivity index (χ3n) is 3.88. The summed E-state index contributed by atoms with van der Waals surface area (Å²) >= 11 is 0. The first-order chi connectivity index (χ1) is 8.36. The molecule has 1 aliphatic carbocycles. The van der Waals surface area contributed by atoms with Crippen molar-refractivity contribution in [3.63, 3.8) is 0 Å². The minimum absolute atomic E-state index is 0.354. The van der Waals surface area contributed by atoms with E-state index in [0.717, 1.165) is 24.1 Å². The number of hydrogen-bond donors (Lipinski definition) is 1. The molecule has 1 fully saturated rings. The predicted octanol–water partition coefficient (Wildman–Crippen LogP) is 2.95. The summed E-state index contributed by atoms with van der Waals surface area (Å²) in [6.07, 6.45) is 9.38. The zero-order chi connectivity index (χ0) is 11.7. The Labute approximate surface area is 101 Å². The van der Waals surface area contributed by atoms with Gasteiger partial charge in [-0.2, -0.15) is 0 Å². The fourth-order valence-electron chi connectivity index (χ4n) is 2.90. The van der Waals surface area contributed by atoms with Crippen molar-refractivity contribution in [3.8, 4) is 0 Å². The molecule has 1 saturated carbocycles. The van der Waals surface area contributed by atoms with Crippen molar-refractivity contribution in [1.29, 1.82) is 0 Å². The summed E-state index contributed by atoms with van der Waals surface area (Å²) in [7, 11) is 0. The number of aliphatic hydroxyl groups is 1. The molecule has 1 aliphatic rings. The van der Waals surface area contributed by atoms with Gasteiger partial charge in [-0.05, 0) is 30.9 Å². The van der Waals surface area contributed by atoms with Crippen LogP contribution < -0.4 is 0 Å². The van der Waals surface area contributed by atoms with Crippen LogP contribution in [0.5, 0.6) is 0 Å². The van der Waals surface area contributed by atoms with Crippen molar-refractivity contribution in [2.75, 3.05) is 0 Å². The molecule has 1 atom stereocenters. The Morgan fingerprint density at radius 3 is 2.88 bits per heavy atom. The normalized spacial score (nSPS) is 19.6. The average Bonchev–Trinajstić information content (AvgIpc) is 2.87. The monoisotopic (exact) mass is 230 g/mol. The van der Waals surface area contributed by atoms with Crippen LogP contribution in [-0.2, 0) is 0 Å². The van der Waals surface area contributed by atoms with E-state index in [4.69, 9.17) is 0 Å². The molecule has 0 bridgehead atoms. The zero-order valence-electron chi connectivity index (χ0n) is 9.92. The predicted molar refractivity (Wildman–Crippen MR) is 66.7 cm³/mol. The molecule has 17 heavy (non-hydrogen) atoms. The van der Waals surface area contributed by atoms with Gasteiger partial charge in [-0.15, -0.1) is 0 Å². The molecule has 0 unspecified atom stereocenters. The molecule has 2 aromatic heterocycles. The van der Waals surface area contributed by atoms with Gasteiger partial charge in [-0.25, -0.2) is 4.98 Å². The van der Waals surface area contributed by atoms with E-state index in [9.17, 15) is 5.11 Å². The van der Waals surface area contributed by atoms with Gasteiger partial charge in [0.25, 0.3) is 0 Å². The van der Waals surface area contributed by atoms with Crippen molar-refractivity contribution in [1.82, 2.24) is 9.38 Å². The average molecular weight is 230 g/mol. The first-order valence-corrected chi connectivity index (χ1v) is 6.45. The number of imidazole rings is 1. The van der Waals surface area contributed by atoms with Crippen LogP contribution in [0.4, 0.5) is 0 Å². The second-order valence-electron chi connectivity index (χ2n) is 4.98. The maximum Gasteiger partial charge on any atom is 0.0995 e. The van der Waals surface area contributed by atoms with Crippen LogP contribution in [0.1, 0.15) is 43.9 Å². The maximum absolute atomic E-state index is 10.5. The Morgan fingerprint density at radius 1 is 1.24 bits per heavy atom. The van der Waals surface area contributed by atoms with E-state index in [1.165, 1.54) is 19.3 Å². The fourth-order valence-corrected chi connectivity index (χ4v) is 2.90. The van der Waals surface area contributed by atoms with Gasteiger partial charge in [0, 0.05) is 0 Å². The van der Waals surface area contributed by atoms with Gasteiger partial charge in [0.2, 0.25) is 0 Å². The topological polar surface area (TPSA) is 37.5 Å². The number of fused-ring (bicyclic) bond motifs is 1. The van der Waals surface area contributed by atoms with Crippen molar-refractivity contribution >= 4 is 5.52 Å². The lowest BCUT2D eigenvalue weighted by molar-refractivity contribution is 0.0801. The molecule has 3 heteroatoms. The molecule has 0 aromatic carbocycles. The smallest absolute Gasteiger partial charge is 0.0995 e. The Morgan fingerprint density at radius 2 is 2.06 bits per heavy atom. The molecule has 3 rings (SSSR count). The molecule has 2 heterocycles. The highest BCUT2D eigenvalue weighted by Crippen LogP contribution is 2.34. The largest absolute Gasteiger partial charge is 0.387 e. The van der Waals surface area contributed by atoms with Gasteiger partial charge in [-0.3, -0.25) is 0 Å². The number of hydrogen-bond acceptors (Lipinski definition) is 2. The summed E-state index contributed by atoms with van der Waals surface area (Å²) < 4.78 is 2.00. The first kappa shape index (κ1) is 10.8. The molecular formula is C14H18N2O. The molecule has 2 aromatic rings. The maximum atomic E-state index is 10.5. The summed E-state index contributed by atoms with van der Waals surface area (Å²) in [5, 5.41) is 10.5. The van der Waals surface area contributed by atoms with Gasteiger partial charge >= 0.3 is 0 Å². The summed E-state index contributed by atoms with van der Waals surface area (Å²) in [4.78, 5) is 4.14. The third kappa shape index (κ3) is 1.95. The zero-order valence-corrected chi connectivity index (χ0v) is 9.92. The lowest BCUT2D eigenvalue weighted by Gasteiger charge is -2.27. The van der Waals surface area contributed by atoms with Gasteiger partial charge in [-0.1, -0.05) is 25.3 Å². The van der Waals surface area contributed by atoms with Crippen LogP contribution in [0.2, 0.25) is 0 Å². The molecule has 0 amide bonds. The van der Waals surface area contributed by atoms with Crippen molar-refractivity contribution in [3.05, 3.63) is 36.4 Å². The van der Waals surface area contributed by atoms with Gasteiger partial charge < -0.3 is 9.51 Å². The van der Waals surface area contributed by atoms with Crippen LogP contribution in [0.25, 0.3) is 5.52 Å². The van der Waals surface area contributed by atoms with Crippen LogP contribution in [0.15, 0.2) is 30.7 Å². The highest BCUT2D eigenvalue weighted by atomic mass is 16.3. The number of pyridine rings is 1. The lowest BCUT2D eigenvalue weighted by Crippen LogP contribution is -2.18. The number of aromatic nitrogens is 2.